The molecule has 0 heterocycles. The molecule has 1 atom stereocenters. The monoisotopic (exact) mass is 311 g/mol. The van der Waals surface area contributed by atoms with E-state index in [4.69, 9.17) is 0 Å². The van der Waals surface area contributed by atoms with E-state index in [-0.39, 0.29) is 6.54 Å². The molecule has 5 heteroatoms. The number of aliphatic hydroxyl groups excluding tert-OH is 1. The van der Waals surface area contributed by atoms with Crippen molar-refractivity contribution < 1.29 is 13.5 Å². The van der Waals surface area contributed by atoms with E-state index < -0.39 is 16.1 Å². The van der Waals surface area contributed by atoms with Gasteiger partial charge in [0.2, 0.25) is 10.0 Å². The van der Waals surface area contributed by atoms with Gasteiger partial charge in [-0.3, -0.25) is 0 Å². The van der Waals surface area contributed by atoms with Gasteiger partial charge in [0.25, 0.3) is 0 Å². The molecule has 2 N–H and O–H groups in total. The van der Waals surface area contributed by atoms with Crippen LogP contribution in [0.2, 0.25) is 0 Å². The van der Waals surface area contributed by atoms with Gasteiger partial charge in [0.15, 0.2) is 0 Å². The molecule has 0 saturated carbocycles. The molecule has 0 bridgehead atoms. The van der Waals surface area contributed by atoms with Crippen molar-refractivity contribution in [1.29, 1.82) is 0 Å². The van der Waals surface area contributed by atoms with Gasteiger partial charge in [0.1, 0.15) is 0 Å². The Balaban J connectivity index is 2.05. The van der Waals surface area contributed by atoms with Crippen LogP contribution in [0.5, 0.6) is 0 Å². The van der Waals surface area contributed by atoms with Crippen LogP contribution >= 0.6 is 0 Å². The summed E-state index contributed by atoms with van der Waals surface area (Å²) in [5.74, 6) is 0.341. The summed E-state index contributed by atoms with van der Waals surface area (Å²) >= 11 is 0. The van der Waals surface area contributed by atoms with Gasteiger partial charge >= 0.3 is 0 Å². The van der Waals surface area contributed by atoms with Crippen molar-refractivity contribution in [1.82, 2.24) is 4.72 Å². The van der Waals surface area contributed by atoms with Crippen molar-refractivity contribution in [2.45, 2.75) is 57.0 Å². The van der Waals surface area contributed by atoms with Gasteiger partial charge in [-0.15, -0.1) is 0 Å². The summed E-state index contributed by atoms with van der Waals surface area (Å²) in [5.41, 5.74) is 2.41. The molecule has 1 aliphatic rings. The van der Waals surface area contributed by atoms with Gasteiger partial charge in [-0.2, -0.15) is 0 Å². The zero-order valence-corrected chi connectivity index (χ0v) is 13.6. The summed E-state index contributed by atoms with van der Waals surface area (Å²) in [4.78, 5) is 0.305. The zero-order valence-electron chi connectivity index (χ0n) is 12.8. The van der Waals surface area contributed by atoms with Crippen LogP contribution < -0.4 is 4.72 Å². The molecule has 1 aromatic carbocycles. The van der Waals surface area contributed by atoms with E-state index in [9.17, 15) is 13.5 Å². The third-order valence-electron chi connectivity index (χ3n) is 3.88. The summed E-state index contributed by atoms with van der Waals surface area (Å²) in [5, 5.41) is 9.79. The number of aliphatic hydroxyl groups is 1. The molecule has 118 valence electrons. The average Bonchev–Trinajstić information content (AvgIpc) is 2.44. The van der Waals surface area contributed by atoms with Gasteiger partial charge in [-0.1, -0.05) is 19.9 Å². The second-order valence-corrected chi connectivity index (χ2v) is 8.04. The quantitative estimate of drug-likeness (QED) is 0.847. The van der Waals surface area contributed by atoms with Crippen LogP contribution in [0.25, 0.3) is 0 Å². The van der Waals surface area contributed by atoms with Crippen LogP contribution in [0.4, 0.5) is 0 Å². The van der Waals surface area contributed by atoms with E-state index in [2.05, 4.69) is 4.72 Å². The lowest BCUT2D eigenvalue weighted by molar-refractivity contribution is 0.152. The molecule has 21 heavy (non-hydrogen) atoms. The maximum absolute atomic E-state index is 12.3. The standard InChI is InChI=1S/C16H25NO3S/c1-12(2)9-15(18)11-17-21(19,20)16-8-7-13-5-3-4-6-14(13)10-16/h7-8,10,12,15,17-18H,3-6,9,11H2,1-2H3. The van der Waals surface area contributed by atoms with E-state index in [1.807, 2.05) is 19.9 Å². The molecule has 0 saturated heterocycles. The van der Waals surface area contributed by atoms with Crippen molar-refractivity contribution in [3.05, 3.63) is 29.3 Å². The van der Waals surface area contributed by atoms with Crippen LogP contribution in [0, 0.1) is 5.92 Å². The highest BCUT2D eigenvalue weighted by molar-refractivity contribution is 7.89. The molecule has 0 radical (unpaired) electrons. The molecule has 0 fully saturated rings. The fourth-order valence-corrected chi connectivity index (χ4v) is 3.92. The molecular formula is C16H25NO3S. The van der Waals surface area contributed by atoms with E-state index >= 15 is 0 Å². The van der Waals surface area contributed by atoms with Crippen molar-refractivity contribution in [3.8, 4) is 0 Å². The zero-order chi connectivity index (χ0) is 15.5. The third-order valence-corrected chi connectivity index (χ3v) is 5.30. The van der Waals surface area contributed by atoms with Crippen LogP contribution in [0.15, 0.2) is 23.1 Å². The SMILES string of the molecule is CC(C)CC(O)CNS(=O)(=O)c1ccc2c(c1)CCCC2. The molecule has 2 rings (SSSR count). The van der Waals surface area contributed by atoms with Crippen molar-refractivity contribution in [3.63, 3.8) is 0 Å². The Kier molecular flexibility index (Phi) is 5.41. The first-order chi connectivity index (χ1) is 9.88. The Morgan fingerprint density at radius 3 is 2.52 bits per heavy atom. The lowest BCUT2D eigenvalue weighted by atomic mass is 9.92. The second-order valence-electron chi connectivity index (χ2n) is 6.27. The number of aryl methyl sites for hydroxylation is 2. The first-order valence-corrected chi connectivity index (χ1v) is 9.16. The van der Waals surface area contributed by atoms with Crippen LogP contribution in [0.3, 0.4) is 0 Å². The molecule has 0 spiro atoms. The Morgan fingerprint density at radius 1 is 1.19 bits per heavy atom. The van der Waals surface area contributed by atoms with Gasteiger partial charge in [-0.25, -0.2) is 13.1 Å². The Morgan fingerprint density at radius 2 is 1.86 bits per heavy atom. The summed E-state index contributed by atoms with van der Waals surface area (Å²) < 4.78 is 27.1. The Bertz CT molecular complexity index is 581. The molecule has 0 aliphatic heterocycles. The second kappa shape index (κ2) is 6.90. The van der Waals surface area contributed by atoms with Crippen LogP contribution in [-0.2, 0) is 22.9 Å². The van der Waals surface area contributed by atoms with Crippen molar-refractivity contribution in [2.24, 2.45) is 5.92 Å². The molecule has 0 amide bonds. The topological polar surface area (TPSA) is 66.4 Å². The fraction of sp³-hybridized carbons (Fsp3) is 0.625. The lowest BCUT2D eigenvalue weighted by Gasteiger charge is -2.18. The summed E-state index contributed by atoms with van der Waals surface area (Å²) in [6, 6.07) is 5.38. The highest BCUT2D eigenvalue weighted by atomic mass is 32.2. The number of hydrogen-bond acceptors (Lipinski definition) is 3. The van der Waals surface area contributed by atoms with Gasteiger partial charge in [-0.05, 0) is 61.3 Å². The number of sulfonamides is 1. The Hall–Kier alpha value is -0.910. The van der Waals surface area contributed by atoms with Gasteiger partial charge < -0.3 is 5.11 Å². The highest BCUT2D eigenvalue weighted by Crippen LogP contribution is 2.24. The van der Waals surface area contributed by atoms with E-state index in [0.29, 0.717) is 17.2 Å². The molecular weight excluding hydrogens is 286 g/mol. The predicted molar refractivity (Wildman–Crippen MR) is 83.7 cm³/mol. The molecule has 1 unspecified atom stereocenters. The minimum Gasteiger partial charge on any atom is -0.392 e. The number of fused-ring (bicyclic) bond motifs is 1. The van der Waals surface area contributed by atoms with Gasteiger partial charge in [0.05, 0.1) is 11.0 Å². The Labute approximate surface area is 127 Å². The normalized spacial score (nSPS) is 16.8. The first kappa shape index (κ1) is 16.5. The van der Waals surface area contributed by atoms with Crippen molar-refractivity contribution >= 4 is 10.0 Å². The largest absolute Gasteiger partial charge is 0.392 e. The maximum atomic E-state index is 12.3. The molecule has 4 nitrogen and oxygen atoms in total. The molecule has 1 aliphatic carbocycles. The number of hydrogen-bond donors (Lipinski definition) is 2. The number of benzene rings is 1. The number of nitrogens with one attached hydrogen (secondary N) is 1. The summed E-state index contributed by atoms with van der Waals surface area (Å²) in [6.07, 6.45) is 4.24. The van der Waals surface area contributed by atoms with Crippen LogP contribution in [0.1, 0.15) is 44.2 Å². The molecule has 1 aromatic rings. The van der Waals surface area contributed by atoms with Gasteiger partial charge in [0, 0.05) is 6.54 Å². The maximum Gasteiger partial charge on any atom is 0.240 e. The van der Waals surface area contributed by atoms with E-state index in [0.717, 1.165) is 24.8 Å². The minimum atomic E-state index is -3.53. The average molecular weight is 311 g/mol. The fourth-order valence-electron chi connectivity index (χ4n) is 2.79. The summed E-state index contributed by atoms with van der Waals surface area (Å²) in [7, 11) is -3.53. The lowest BCUT2D eigenvalue weighted by Crippen LogP contribution is -2.33. The smallest absolute Gasteiger partial charge is 0.240 e. The predicted octanol–water partition coefficient (Wildman–Crippen LogP) is 2.25. The minimum absolute atomic E-state index is 0.0671. The first-order valence-electron chi connectivity index (χ1n) is 7.68. The van der Waals surface area contributed by atoms with E-state index in [1.54, 1.807) is 12.1 Å². The van der Waals surface area contributed by atoms with Crippen molar-refractivity contribution in [2.75, 3.05) is 6.54 Å². The third kappa shape index (κ3) is 4.53. The summed E-state index contributed by atoms with van der Waals surface area (Å²) in [6.45, 7) is 4.07. The number of rotatable bonds is 6. The van der Waals surface area contributed by atoms with E-state index in [1.165, 1.54) is 12.0 Å². The highest BCUT2D eigenvalue weighted by Gasteiger charge is 2.19. The van der Waals surface area contributed by atoms with Crippen LogP contribution in [-0.4, -0.2) is 26.2 Å². The molecule has 0 aromatic heterocycles.